The van der Waals surface area contributed by atoms with Crippen LogP contribution in [-0.2, 0) is 28.9 Å². The van der Waals surface area contributed by atoms with Gasteiger partial charge in [-0.1, -0.05) is 40.2 Å². The Morgan fingerprint density at radius 3 is 2.38 bits per heavy atom. The van der Waals surface area contributed by atoms with E-state index < -0.39 is 64.9 Å². The van der Waals surface area contributed by atoms with Crippen molar-refractivity contribution < 1.29 is 52.2 Å². The maximum absolute atomic E-state index is 13.3. The number of methoxy groups -OCH3 is 1. The summed E-state index contributed by atoms with van der Waals surface area (Å²) in [4.78, 5) is 36.0. The van der Waals surface area contributed by atoms with Crippen molar-refractivity contribution in [1.29, 1.82) is 0 Å². The maximum atomic E-state index is 13.3. The Morgan fingerprint density at radius 1 is 1.02 bits per heavy atom. The molecule has 1 saturated heterocycles. The number of aliphatic hydroxyl groups excluding tert-OH is 2. The molecule has 3 aliphatic rings. The molecule has 0 radical (unpaired) electrons. The summed E-state index contributed by atoms with van der Waals surface area (Å²) in [5.41, 5.74) is 1.88. The predicted octanol–water partition coefficient (Wildman–Crippen LogP) is 2.90. The summed E-state index contributed by atoms with van der Waals surface area (Å²) in [6, 6.07) is 13.0. The fraction of sp³-hybridized carbons (Fsp3) is 0.320. The van der Waals surface area contributed by atoms with Crippen molar-refractivity contribution in [3.63, 3.8) is 0 Å². The number of ether oxygens (including phenoxy) is 2. The van der Waals surface area contributed by atoms with Gasteiger partial charge in [0.2, 0.25) is 0 Å². The van der Waals surface area contributed by atoms with Gasteiger partial charge < -0.3 is 34.8 Å². The Kier molecular flexibility index (Phi) is 8.98. The number of hydrogen-bond donors (Lipinski definition) is 5. The highest BCUT2D eigenvalue weighted by Gasteiger charge is 2.50. The predicted molar refractivity (Wildman–Crippen MR) is 151 cm³/mol. The first kappa shape index (κ1) is 30.9. The summed E-state index contributed by atoms with van der Waals surface area (Å²) < 4.78 is 45.9. The van der Waals surface area contributed by atoms with Gasteiger partial charge in [-0.05, 0) is 41.5 Å². The van der Waals surface area contributed by atoms with Gasteiger partial charge in [-0.2, -0.15) is 0 Å². The van der Waals surface area contributed by atoms with Crippen molar-refractivity contribution in [3.05, 3.63) is 82.6 Å². The number of fused-ring (bicyclic) bond motifs is 1. The number of nitrogens with one attached hydrogen (secondary N) is 1. The summed E-state index contributed by atoms with van der Waals surface area (Å²) in [5, 5.41) is 24.4. The van der Waals surface area contributed by atoms with Gasteiger partial charge in [-0.15, -0.1) is 0 Å². The molecule has 3 aliphatic heterocycles. The van der Waals surface area contributed by atoms with E-state index >= 15 is 0 Å². The summed E-state index contributed by atoms with van der Waals surface area (Å²) >= 11 is 3.38. The lowest BCUT2D eigenvalue weighted by atomic mass is 10.1. The molecule has 2 amide bonds. The van der Waals surface area contributed by atoms with Crippen molar-refractivity contribution in [2.75, 3.05) is 13.7 Å². The molecular weight excluding hydrogens is 660 g/mol. The third-order valence-corrected chi connectivity index (χ3v) is 10.3. The average Bonchev–Trinajstić information content (AvgIpc) is 3.50. The smallest absolute Gasteiger partial charge is 0.479 e. The summed E-state index contributed by atoms with van der Waals surface area (Å²) in [6.07, 6.45) is -2.36. The third-order valence-electron chi connectivity index (χ3n) is 6.68. The molecule has 14 nitrogen and oxygen atoms in total. The Labute approximate surface area is 249 Å². The van der Waals surface area contributed by atoms with E-state index in [1.165, 1.54) is 30.3 Å². The van der Waals surface area contributed by atoms with Crippen LogP contribution in [0, 0.1) is 0 Å². The SMILES string of the molecule is COc1ccc(CP(=O)(O)OP(=O)(O)OC[C@H]2O[C@@H](N3C=CC4NC(c5ccc(Br)cc5)=CN4C3=O)[C@@H](O)C2O)cc1. The van der Waals surface area contributed by atoms with Crippen molar-refractivity contribution in [2.24, 2.45) is 0 Å². The second-order valence-corrected chi connectivity index (χ2v) is 14.0. The van der Waals surface area contributed by atoms with Gasteiger partial charge in [0.15, 0.2) is 6.23 Å². The van der Waals surface area contributed by atoms with E-state index in [9.17, 15) is 33.9 Å². The first-order chi connectivity index (χ1) is 19.9. The zero-order valence-electron chi connectivity index (χ0n) is 22.0. The molecule has 42 heavy (non-hydrogen) atoms. The highest BCUT2D eigenvalue weighted by atomic mass is 79.9. The lowest BCUT2D eigenvalue weighted by molar-refractivity contribution is -0.0689. The number of aliphatic hydroxyl groups is 2. The van der Waals surface area contributed by atoms with Crippen molar-refractivity contribution in [1.82, 2.24) is 15.1 Å². The molecule has 2 aromatic carbocycles. The fourth-order valence-electron chi connectivity index (χ4n) is 4.59. The molecule has 0 saturated carbocycles. The lowest BCUT2D eigenvalue weighted by Gasteiger charge is -2.35. The Balaban J connectivity index is 1.19. The molecule has 4 unspecified atom stereocenters. The number of carbonyl (C=O) groups is 1. The van der Waals surface area contributed by atoms with Crippen LogP contribution in [0.4, 0.5) is 4.79 Å². The van der Waals surface area contributed by atoms with Crippen LogP contribution in [0.2, 0.25) is 0 Å². The molecule has 2 aromatic rings. The van der Waals surface area contributed by atoms with Gasteiger partial charge in [0.25, 0.3) is 0 Å². The Morgan fingerprint density at radius 2 is 1.71 bits per heavy atom. The first-order valence-electron chi connectivity index (χ1n) is 12.5. The van der Waals surface area contributed by atoms with Gasteiger partial charge in [0.05, 0.1) is 25.6 Å². The van der Waals surface area contributed by atoms with Gasteiger partial charge in [0.1, 0.15) is 30.2 Å². The van der Waals surface area contributed by atoms with Crippen LogP contribution < -0.4 is 10.1 Å². The molecule has 0 bridgehead atoms. The van der Waals surface area contributed by atoms with Crippen molar-refractivity contribution in [2.45, 2.75) is 36.9 Å². The fourth-order valence-corrected chi connectivity index (χ4v) is 7.57. The van der Waals surface area contributed by atoms with E-state index in [-0.39, 0.29) is 0 Å². The summed E-state index contributed by atoms with van der Waals surface area (Å²) in [5.74, 6) is 0.514. The number of rotatable bonds is 10. The second kappa shape index (κ2) is 12.2. The Bertz CT molecular complexity index is 1470. The van der Waals surface area contributed by atoms with Gasteiger partial charge >= 0.3 is 21.4 Å². The van der Waals surface area contributed by atoms with Gasteiger partial charge in [0, 0.05) is 16.9 Å². The van der Waals surface area contributed by atoms with Crippen LogP contribution in [0.25, 0.3) is 5.70 Å². The summed E-state index contributed by atoms with van der Waals surface area (Å²) in [6.45, 7) is -0.793. The maximum Gasteiger partial charge on any atom is 0.479 e. The van der Waals surface area contributed by atoms with Crippen molar-refractivity contribution >= 4 is 43.1 Å². The van der Waals surface area contributed by atoms with Crippen LogP contribution in [0.15, 0.2) is 71.5 Å². The first-order valence-corrected chi connectivity index (χ1v) is 16.6. The molecule has 0 aromatic heterocycles. The molecule has 7 atom stereocenters. The molecular formula is C25H28BrN3O11P2. The highest BCUT2D eigenvalue weighted by Crippen LogP contribution is 2.61. The number of nitrogens with zero attached hydrogens (tertiary/aromatic N) is 2. The standard InChI is InChI=1S/C25H28BrN3O11P2/c1-37-18-8-2-15(3-9-18)14-41(33,34)40-42(35,36)38-13-20-22(30)23(31)24(39-20)28-11-10-21-27-19(12-29(21)25(28)32)16-4-6-17(26)7-5-16/h2-12,20-24,27,30-31H,13-14H2,1H3,(H,33,34)(H,35,36)/t20-,21?,22?,23+,24-/m1/s1. The minimum atomic E-state index is -5.12. The second-order valence-electron chi connectivity index (χ2n) is 9.61. The zero-order chi connectivity index (χ0) is 30.2. The molecule has 17 heteroatoms. The zero-order valence-corrected chi connectivity index (χ0v) is 25.3. The number of carbonyl (C=O) groups excluding carboxylic acids is 1. The van der Waals surface area contributed by atoms with Gasteiger partial charge in [-0.25, -0.2) is 13.7 Å². The van der Waals surface area contributed by atoms with Crippen LogP contribution in [0.1, 0.15) is 11.1 Å². The topological polar surface area (TPSA) is 188 Å². The van der Waals surface area contributed by atoms with Crippen LogP contribution in [0.5, 0.6) is 5.75 Å². The van der Waals surface area contributed by atoms with Crippen LogP contribution >= 0.6 is 31.3 Å². The molecule has 1 fully saturated rings. The lowest BCUT2D eigenvalue weighted by Crippen LogP contribution is -2.54. The molecule has 0 spiro atoms. The molecule has 5 rings (SSSR count). The number of phosphoric acid groups is 1. The minimum Gasteiger partial charge on any atom is -0.497 e. The monoisotopic (exact) mass is 687 g/mol. The van der Waals surface area contributed by atoms with Gasteiger partial charge in [-0.3, -0.25) is 18.9 Å². The minimum absolute atomic E-state index is 0.343. The third kappa shape index (κ3) is 6.81. The van der Waals surface area contributed by atoms with E-state index in [0.29, 0.717) is 17.0 Å². The van der Waals surface area contributed by atoms with Crippen LogP contribution in [0.3, 0.4) is 0 Å². The van der Waals surface area contributed by atoms with E-state index in [1.54, 1.807) is 24.4 Å². The molecule has 5 N–H and O–H groups in total. The van der Waals surface area contributed by atoms with E-state index in [1.807, 2.05) is 24.3 Å². The highest BCUT2D eigenvalue weighted by molar-refractivity contribution is 9.10. The average molecular weight is 688 g/mol. The number of benzene rings is 2. The van der Waals surface area contributed by atoms with Crippen LogP contribution in [-0.4, -0.2) is 80.3 Å². The number of amides is 2. The molecule has 0 aliphatic carbocycles. The normalized spacial score (nSPS) is 28.1. The number of phosphoric ester groups is 1. The number of hydrogen-bond acceptors (Lipinski definition) is 10. The Hall–Kier alpha value is -2.55. The largest absolute Gasteiger partial charge is 0.497 e. The number of urea groups is 1. The quantitative estimate of drug-likeness (QED) is 0.230. The number of halogens is 1. The summed E-state index contributed by atoms with van der Waals surface area (Å²) in [7, 11) is -8.30. The molecule has 3 heterocycles. The molecule has 226 valence electrons. The van der Waals surface area contributed by atoms with E-state index in [4.69, 9.17) is 14.0 Å². The van der Waals surface area contributed by atoms with E-state index in [0.717, 1.165) is 14.9 Å². The van der Waals surface area contributed by atoms with E-state index in [2.05, 4.69) is 25.6 Å². The van der Waals surface area contributed by atoms with Crippen molar-refractivity contribution in [3.8, 4) is 5.75 Å².